The minimum absolute atomic E-state index is 0.0334. The summed E-state index contributed by atoms with van der Waals surface area (Å²) in [5, 5.41) is 14.4. The summed E-state index contributed by atoms with van der Waals surface area (Å²) in [6.45, 7) is 5.79. The van der Waals surface area contributed by atoms with Gasteiger partial charge in [0.05, 0.1) is 17.7 Å². The Balaban J connectivity index is 2.04. The topological polar surface area (TPSA) is 111 Å². The average molecular weight is 427 g/mol. The maximum Gasteiger partial charge on any atom is 0.415 e. The van der Waals surface area contributed by atoms with Crippen LogP contribution in [0.5, 0.6) is 5.75 Å². The monoisotopic (exact) mass is 427 g/mol. The second kappa shape index (κ2) is 8.63. The van der Waals surface area contributed by atoms with Gasteiger partial charge in [0.15, 0.2) is 0 Å². The van der Waals surface area contributed by atoms with Gasteiger partial charge in [0.25, 0.3) is 11.6 Å². The highest BCUT2D eigenvalue weighted by molar-refractivity contribution is 6.06. The highest BCUT2D eigenvalue weighted by Gasteiger charge is 2.40. The van der Waals surface area contributed by atoms with Gasteiger partial charge in [-0.1, -0.05) is 13.3 Å². The largest absolute Gasteiger partial charge is 0.497 e. The number of unbranched alkanes of at least 4 members (excludes halogenated alkanes) is 1. The van der Waals surface area contributed by atoms with Crippen molar-refractivity contribution < 1.29 is 24.0 Å². The van der Waals surface area contributed by atoms with E-state index in [1.807, 2.05) is 6.92 Å². The van der Waals surface area contributed by atoms with Gasteiger partial charge in [0, 0.05) is 23.7 Å². The number of methoxy groups -OCH3 is 1. The Morgan fingerprint density at radius 3 is 2.52 bits per heavy atom. The molecule has 3 rings (SSSR count). The van der Waals surface area contributed by atoms with Crippen LogP contribution in [-0.2, 0) is 10.3 Å². The van der Waals surface area contributed by atoms with E-state index in [1.54, 1.807) is 38.1 Å². The number of nitrogens with zero attached hydrogens (tertiary/aromatic N) is 2. The molecule has 2 amide bonds. The summed E-state index contributed by atoms with van der Waals surface area (Å²) in [6, 6.07) is 9.24. The molecule has 31 heavy (non-hydrogen) atoms. The first-order valence-corrected chi connectivity index (χ1v) is 9.96. The van der Waals surface area contributed by atoms with Crippen LogP contribution in [0.4, 0.5) is 21.9 Å². The number of carbonyl (C=O) groups excluding carboxylic acids is 2. The first-order chi connectivity index (χ1) is 14.7. The van der Waals surface area contributed by atoms with Crippen molar-refractivity contribution >= 4 is 29.1 Å². The number of benzene rings is 2. The fourth-order valence-electron chi connectivity index (χ4n) is 3.43. The molecule has 0 unspecified atom stereocenters. The molecule has 0 bridgehead atoms. The van der Waals surface area contributed by atoms with Gasteiger partial charge in [0.1, 0.15) is 17.0 Å². The maximum atomic E-state index is 12.7. The SMILES string of the molecule is CCCCN1C(=O)OC(C)(C)c2cc(NC(=O)c3ccc(OC)cc3)c([N+](=O)[O-])cc21. The van der Waals surface area contributed by atoms with Gasteiger partial charge in [-0.3, -0.25) is 19.8 Å². The van der Waals surface area contributed by atoms with E-state index in [4.69, 9.17) is 9.47 Å². The molecule has 0 spiro atoms. The molecule has 0 radical (unpaired) electrons. The molecule has 1 aliphatic heterocycles. The van der Waals surface area contributed by atoms with Gasteiger partial charge >= 0.3 is 6.09 Å². The molecule has 1 aliphatic rings. The summed E-state index contributed by atoms with van der Waals surface area (Å²) in [4.78, 5) is 37.8. The summed E-state index contributed by atoms with van der Waals surface area (Å²) in [5.41, 5.74) is 0.0496. The van der Waals surface area contributed by atoms with Gasteiger partial charge in [0.2, 0.25) is 0 Å². The van der Waals surface area contributed by atoms with Gasteiger partial charge in [-0.15, -0.1) is 0 Å². The van der Waals surface area contributed by atoms with Crippen LogP contribution < -0.4 is 15.0 Å². The van der Waals surface area contributed by atoms with Crippen molar-refractivity contribution in [2.45, 2.75) is 39.2 Å². The number of nitro benzene ring substituents is 1. The highest BCUT2D eigenvalue weighted by atomic mass is 16.6. The zero-order chi connectivity index (χ0) is 22.8. The molecule has 0 fully saturated rings. The van der Waals surface area contributed by atoms with Crippen LogP contribution in [0.25, 0.3) is 0 Å². The number of rotatable bonds is 7. The molecule has 0 saturated heterocycles. The molecule has 1 N–H and O–H groups in total. The van der Waals surface area contributed by atoms with Gasteiger partial charge in [-0.25, -0.2) is 4.79 Å². The minimum Gasteiger partial charge on any atom is -0.497 e. The number of ether oxygens (including phenoxy) is 2. The van der Waals surface area contributed by atoms with E-state index in [-0.39, 0.29) is 11.4 Å². The highest BCUT2D eigenvalue weighted by Crippen LogP contribution is 2.44. The summed E-state index contributed by atoms with van der Waals surface area (Å²) in [7, 11) is 1.52. The van der Waals surface area contributed by atoms with Crippen molar-refractivity contribution in [1.82, 2.24) is 0 Å². The number of carbonyl (C=O) groups is 2. The lowest BCUT2D eigenvalue weighted by Crippen LogP contribution is -2.44. The zero-order valence-corrected chi connectivity index (χ0v) is 17.9. The molecule has 2 aromatic rings. The first-order valence-electron chi connectivity index (χ1n) is 9.96. The number of amides is 2. The second-order valence-corrected chi connectivity index (χ2v) is 7.71. The van der Waals surface area contributed by atoms with Crippen LogP contribution in [0.2, 0.25) is 0 Å². The van der Waals surface area contributed by atoms with E-state index in [0.29, 0.717) is 29.1 Å². The lowest BCUT2D eigenvalue weighted by Gasteiger charge is -2.38. The maximum absolute atomic E-state index is 12.7. The number of hydrogen-bond donors (Lipinski definition) is 1. The van der Waals surface area contributed by atoms with E-state index in [2.05, 4.69) is 5.32 Å². The Labute approximate surface area is 180 Å². The fourth-order valence-corrected chi connectivity index (χ4v) is 3.43. The van der Waals surface area contributed by atoms with Crippen molar-refractivity contribution in [3.8, 4) is 5.75 Å². The van der Waals surface area contributed by atoms with Gasteiger partial charge < -0.3 is 14.8 Å². The number of nitrogens with one attached hydrogen (secondary N) is 1. The predicted molar refractivity (Wildman–Crippen MR) is 116 cm³/mol. The molecule has 9 heteroatoms. The second-order valence-electron chi connectivity index (χ2n) is 7.71. The van der Waals surface area contributed by atoms with E-state index in [9.17, 15) is 19.7 Å². The van der Waals surface area contributed by atoms with Crippen LogP contribution in [0.1, 0.15) is 49.5 Å². The molecular formula is C22H25N3O6. The number of hydrogen-bond acceptors (Lipinski definition) is 6. The first kappa shape index (κ1) is 22.1. The minimum atomic E-state index is -1.01. The van der Waals surface area contributed by atoms with Crippen molar-refractivity contribution in [2.24, 2.45) is 0 Å². The average Bonchev–Trinajstić information content (AvgIpc) is 2.73. The molecule has 0 atom stereocenters. The van der Waals surface area contributed by atoms with Crippen molar-refractivity contribution in [1.29, 1.82) is 0 Å². The number of nitro groups is 1. The normalized spacial score (nSPS) is 14.5. The van der Waals surface area contributed by atoms with Crippen LogP contribution in [-0.4, -0.2) is 30.6 Å². The van der Waals surface area contributed by atoms with Crippen LogP contribution in [0, 0.1) is 10.1 Å². The summed E-state index contributed by atoms with van der Waals surface area (Å²) in [6.07, 6.45) is 1.02. The fraction of sp³-hybridized carbons (Fsp3) is 0.364. The van der Waals surface area contributed by atoms with Crippen LogP contribution >= 0.6 is 0 Å². The van der Waals surface area contributed by atoms with E-state index in [0.717, 1.165) is 12.8 Å². The Kier molecular flexibility index (Phi) is 6.14. The quantitative estimate of drug-likeness (QED) is 0.500. The van der Waals surface area contributed by atoms with Crippen LogP contribution in [0.15, 0.2) is 36.4 Å². The molecule has 0 aliphatic carbocycles. The molecule has 164 valence electrons. The van der Waals surface area contributed by atoms with E-state index >= 15 is 0 Å². The Morgan fingerprint density at radius 1 is 1.26 bits per heavy atom. The molecule has 0 saturated carbocycles. The number of cyclic esters (lactones) is 1. The van der Waals surface area contributed by atoms with Crippen LogP contribution in [0.3, 0.4) is 0 Å². The van der Waals surface area contributed by atoms with Gasteiger partial charge in [-0.05, 0) is 50.6 Å². The number of fused-ring (bicyclic) bond motifs is 1. The standard InChI is InChI=1S/C22H25N3O6/c1-5-6-11-24-18-13-19(25(28)29)17(12-16(18)22(2,3)31-21(24)27)23-20(26)14-7-9-15(30-4)10-8-14/h7-10,12-13H,5-6,11H2,1-4H3,(H,23,26). The van der Waals surface area contributed by atoms with E-state index < -0.39 is 22.5 Å². The van der Waals surface area contributed by atoms with Crippen molar-refractivity contribution in [3.63, 3.8) is 0 Å². The summed E-state index contributed by atoms with van der Waals surface area (Å²) >= 11 is 0. The molecule has 1 heterocycles. The predicted octanol–water partition coefficient (Wildman–Crippen LogP) is 4.85. The third-order valence-electron chi connectivity index (χ3n) is 5.15. The summed E-state index contributed by atoms with van der Waals surface area (Å²) < 4.78 is 10.7. The van der Waals surface area contributed by atoms with E-state index in [1.165, 1.54) is 24.1 Å². The zero-order valence-electron chi connectivity index (χ0n) is 17.9. The lowest BCUT2D eigenvalue weighted by molar-refractivity contribution is -0.383. The Bertz CT molecular complexity index is 1020. The number of anilines is 2. The lowest BCUT2D eigenvalue weighted by atomic mass is 9.92. The Hall–Kier alpha value is -3.62. The van der Waals surface area contributed by atoms with Crippen molar-refractivity contribution in [2.75, 3.05) is 23.9 Å². The molecule has 0 aromatic heterocycles. The molecule has 2 aromatic carbocycles. The third-order valence-corrected chi connectivity index (χ3v) is 5.15. The smallest absolute Gasteiger partial charge is 0.415 e. The molecule has 9 nitrogen and oxygen atoms in total. The van der Waals surface area contributed by atoms with Gasteiger partial charge in [-0.2, -0.15) is 0 Å². The third kappa shape index (κ3) is 4.45. The van der Waals surface area contributed by atoms with Crippen molar-refractivity contribution in [3.05, 3.63) is 57.6 Å². The summed E-state index contributed by atoms with van der Waals surface area (Å²) in [5.74, 6) is 0.0891. The Morgan fingerprint density at radius 2 is 1.94 bits per heavy atom. The molecular weight excluding hydrogens is 402 g/mol.